The summed E-state index contributed by atoms with van der Waals surface area (Å²) in [5, 5.41) is 8.99. The van der Waals surface area contributed by atoms with Gasteiger partial charge in [-0.1, -0.05) is 13.8 Å². The third kappa shape index (κ3) is 4.17. The van der Waals surface area contributed by atoms with Crippen molar-refractivity contribution in [2.24, 2.45) is 11.7 Å². The van der Waals surface area contributed by atoms with E-state index in [1.165, 1.54) is 18.2 Å². The van der Waals surface area contributed by atoms with E-state index >= 15 is 0 Å². The number of carboxylic acids is 1. The van der Waals surface area contributed by atoms with Crippen molar-refractivity contribution in [2.75, 3.05) is 23.7 Å². The summed E-state index contributed by atoms with van der Waals surface area (Å²) in [4.78, 5) is 23.8. The highest BCUT2D eigenvalue weighted by atomic mass is 16.4. The number of nitrogens with zero attached hydrogens (tertiary/aromatic N) is 1. The number of hydrogen-bond donors (Lipinski definition) is 3. The van der Waals surface area contributed by atoms with E-state index in [1.807, 2.05) is 13.8 Å². The number of nitrogen functional groups attached to an aromatic ring is 1. The van der Waals surface area contributed by atoms with E-state index in [1.54, 1.807) is 4.90 Å². The van der Waals surface area contributed by atoms with Crippen LogP contribution in [0.15, 0.2) is 18.2 Å². The Kier molecular flexibility index (Phi) is 4.74. The summed E-state index contributed by atoms with van der Waals surface area (Å²) >= 11 is 0. The Labute approximate surface area is 112 Å². The number of carbonyl (C=O) groups is 2. The number of hydrogen-bond acceptors (Lipinski definition) is 4. The molecule has 0 atom stereocenters. The molecule has 1 amide bonds. The highest BCUT2D eigenvalue weighted by molar-refractivity contribution is 5.91. The minimum Gasteiger partial charge on any atom is -0.478 e. The van der Waals surface area contributed by atoms with Gasteiger partial charge in [0, 0.05) is 6.54 Å². The molecule has 0 aliphatic rings. The van der Waals surface area contributed by atoms with Crippen LogP contribution in [0, 0.1) is 5.92 Å². The summed E-state index contributed by atoms with van der Waals surface area (Å²) in [6, 6.07) is 4.41. The fourth-order valence-corrected chi connectivity index (χ4v) is 1.83. The second-order valence-electron chi connectivity index (χ2n) is 4.82. The summed E-state index contributed by atoms with van der Waals surface area (Å²) in [5.74, 6) is -1.24. The first kappa shape index (κ1) is 14.8. The molecule has 0 aliphatic heterocycles. The molecule has 0 fully saturated rings. The zero-order valence-electron chi connectivity index (χ0n) is 11.1. The zero-order chi connectivity index (χ0) is 14.6. The van der Waals surface area contributed by atoms with Crippen LogP contribution in [0.25, 0.3) is 0 Å². The first-order chi connectivity index (χ1) is 8.81. The average molecular weight is 265 g/mol. The van der Waals surface area contributed by atoms with Crippen LogP contribution in [0.2, 0.25) is 0 Å². The monoisotopic (exact) mass is 265 g/mol. The Balaban J connectivity index is 3.15. The quantitative estimate of drug-likeness (QED) is 0.662. The highest BCUT2D eigenvalue weighted by Gasteiger charge is 2.16. The van der Waals surface area contributed by atoms with Crippen molar-refractivity contribution in [3.05, 3.63) is 23.8 Å². The van der Waals surface area contributed by atoms with E-state index < -0.39 is 11.9 Å². The number of aromatic carboxylic acids is 1. The van der Waals surface area contributed by atoms with Crippen LogP contribution in [0.3, 0.4) is 0 Å². The minimum absolute atomic E-state index is 0.00541. The van der Waals surface area contributed by atoms with Gasteiger partial charge in [0.1, 0.15) is 0 Å². The molecule has 1 rings (SSSR count). The molecule has 0 saturated heterocycles. The van der Waals surface area contributed by atoms with Gasteiger partial charge in [-0.3, -0.25) is 4.79 Å². The molecule has 0 aromatic heterocycles. The van der Waals surface area contributed by atoms with E-state index in [4.69, 9.17) is 16.6 Å². The molecule has 1 aromatic carbocycles. The fraction of sp³-hybridized carbons (Fsp3) is 0.385. The Hall–Kier alpha value is -2.24. The molecule has 1 aromatic rings. The van der Waals surface area contributed by atoms with E-state index in [2.05, 4.69) is 0 Å². The normalized spacial score (nSPS) is 10.5. The van der Waals surface area contributed by atoms with Gasteiger partial charge in [0.25, 0.3) is 0 Å². The molecule has 0 radical (unpaired) electrons. The van der Waals surface area contributed by atoms with E-state index in [-0.39, 0.29) is 18.0 Å². The number of primary amides is 1. The molecule has 104 valence electrons. The predicted molar refractivity (Wildman–Crippen MR) is 74.1 cm³/mol. The van der Waals surface area contributed by atoms with E-state index in [0.717, 1.165) is 0 Å². The summed E-state index contributed by atoms with van der Waals surface area (Å²) in [6.45, 7) is 4.55. The molecule has 6 heteroatoms. The number of carbonyl (C=O) groups excluding carboxylic acids is 1. The molecule has 0 unspecified atom stereocenters. The van der Waals surface area contributed by atoms with Gasteiger partial charge >= 0.3 is 5.97 Å². The van der Waals surface area contributed by atoms with Gasteiger partial charge in [-0.2, -0.15) is 0 Å². The largest absolute Gasteiger partial charge is 0.478 e. The van der Waals surface area contributed by atoms with Crippen molar-refractivity contribution in [1.29, 1.82) is 0 Å². The SMILES string of the molecule is CC(C)CN(CC(N)=O)c1cc(C(=O)O)ccc1N. The van der Waals surface area contributed by atoms with Gasteiger partial charge in [-0.15, -0.1) is 0 Å². The van der Waals surface area contributed by atoms with Gasteiger partial charge in [-0.25, -0.2) is 4.79 Å². The van der Waals surface area contributed by atoms with Crippen molar-refractivity contribution in [3.63, 3.8) is 0 Å². The second kappa shape index (κ2) is 6.08. The number of anilines is 2. The molecule has 0 aliphatic carbocycles. The summed E-state index contributed by atoms with van der Waals surface area (Å²) in [5.41, 5.74) is 12.1. The summed E-state index contributed by atoms with van der Waals surface area (Å²) < 4.78 is 0. The van der Waals surface area contributed by atoms with Crippen LogP contribution < -0.4 is 16.4 Å². The lowest BCUT2D eigenvalue weighted by atomic mass is 10.1. The van der Waals surface area contributed by atoms with Gasteiger partial charge in [0.05, 0.1) is 23.5 Å². The number of nitrogens with two attached hydrogens (primary N) is 2. The fourth-order valence-electron chi connectivity index (χ4n) is 1.83. The van der Waals surface area contributed by atoms with Crippen LogP contribution >= 0.6 is 0 Å². The average Bonchev–Trinajstić information content (AvgIpc) is 2.27. The Bertz CT molecular complexity index is 486. The van der Waals surface area contributed by atoms with E-state index in [9.17, 15) is 9.59 Å². The smallest absolute Gasteiger partial charge is 0.335 e. The topological polar surface area (TPSA) is 110 Å². The lowest BCUT2D eigenvalue weighted by Crippen LogP contribution is -2.36. The molecule has 6 nitrogen and oxygen atoms in total. The van der Waals surface area contributed by atoms with Crippen LogP contribution in [-0.4, -0.2) is 30.1 Å². The van der Waals surface area contributed by atoms with Crippen molar-refractivity contribution in [2.45, 2.75) is 13.8 Å². The maximum Gasteiger partial charge on any atom is 0.335 e. The first-order valence-electron chi connectivity index (χ1n) is 5.97. The number of carboxylic acid groups (broad SMARTS) is 1. The lowest BCUT2D eigenvalue weighted by molar-refractivity contribution is -0.116. The van der Waals surface area contributed by atoms with Crippen LogP contribution in [0.5, 0.6) is 0 Å². The molecular formula is C13H19N3O3. The molecule has 19 heavy (non-hydrogen) atoms. The Morgan fingerprint density at radius 1 is 1.37 bits per heavy atom. The van der Waals surface area contributed by atoms with Gasteiger partial charge < -0.3 is 21.5 Å². The predicted octanol–water partition coefficient (Wildman–Crippen LogP) is 0.915. The third-order valence-corrected chi connectivity index (χ3v) is 2.55. The second-order valence-corrected chi connectivity index (χ2v) is 4.82. The van der Waals surface area contributed by atoms with Crippen molar-refractivity contribution in [3.8, 4) is 0 Å². The van der Waals surface area contributed by atoms with Crippen molar-refractivity contribution < 1.29 is 14.7 Å². The molecular weight excluding hydrogens is 246 g/mol. The summed E-state index contributed by atoms with van der Waals surface area (Å²) in [6.07, 6.45) is 0. The van der Waals surface area contributed by atoms with Gasteiger partial charge in [0.2, 0.25) is 5.91 Å². The number of amides is 1. The van der Waals surface area contributed by atoms with Crippen molar-refractivity contribution >= 4 is 23.3 Å². The Morgan fingerprint density at radius 3 is 2.47 bits per heavy atom. The lowest BCUT2D eigenvalue weighted by Gasteiger charge is -2.26. The standard InChI is InChI=1S/C13H19N3O3/c1-8(2)6-16(7-12(15)17)11-5-9(13(18)19)3-4-10(11)14/h3-5,8H,6-7,14H2,1-2H3,(H2,15,17)(H,18,19). The molecule has 0 saturated carbocycles. The van der Waals surface area contributed by atoms with Crippen LogP contribution in [-0.2, 0) is 4.79 Å². The van der Waals surface area contributed by atoms with Crippen molar-refractivity contribution in [1.82, 2.24) is 0 Å². The van der Waals surface area contributed by atoms with Crippen LogP contribution in [0.1, 0.15) is 24.2 Å². The minimum atomic E-state index is -1.04. The van der Waals surface area contributed by atoms with Crippen LogP contribution in [0.4, 0.5) is 11.4 Å². The molecule has 0 bridgehead atoms. The molecule has 5 N–H and O–H groups in total. The first-order valence-corrected chi connectivity index (χ1v) is 5.97. The molecule has 0 spiro atoms. The zero-order valence-corrected chi connectivity index (χ0v) is 11.1. The third-order valence-electron chi connectivity index (χ3n) is 2.55. The molecule has 0 heterocycles. The maximum atomic E-state index is 11.1. The van der Waals surface area contributed by atoms with Gasteiger partial charge in [0.15, 0.2) is 0 Å². The summed E-state index contributed by atoms with van der Waals surface area (Å²) in [7, 11) is 0. The number of rotatable bonds is 6. The highest BCUT2D eigenvalue weighted by Crippen LogP contribution is 2.25. The Morgan fingerprint density at radius 2 is 2.00 bits per heavy atom. The van der Waals surface area contributed by atoms with E-state index in [0.29, 0.717) is 17.9 Å². The van der Waals surface area contributed by atoms with Gasteiger partial charge in [-0.05, 0) is 24.1 Å². The maximum absolute atomic E-state index is 11.1. The number of benzene rings is 1.